The summed E-state index contributed by atoms with van der Waals surface area (Å²) in [4.78, 5) is 0. The van der Waals surface area contributed by atoms with E-state index >= 15 is 0 Å². The van der Waals surface area contributed by atoms with Crippen molar-refractivity contribution in [2.75, 3.05) is 0 Å². The van der Waals surface area contributed by atoms with Crippen LogP contribution in [0.5, 0.6) is 0 Å². The van der Waals surface area contributed by atoms with Gasteiger partial charge in [0.25, 0.3) is 0 Å². The van der Waals surface area contributed by atoms with Crippen molar-refractivity contribution >= 4 is 0 Å². The van der Waals surface area contributed by atoms with Gasteiger partial charge in [-0.05, 0) is 33.1 Å². The van der Waals surface area contributed by atoms with Crippen molar-refractivity contribution in [2.45, 2.75) is 58.4 Å². The molecule has 12 heavy (non-hydrogen) atoms. The molecule has 0 radical (unpaired) electrons. The quantitative estimate of drug-likeness (QED) is 0.479. The summed E-state index contributed by atoms with van der Waals surface area (Å²) in [5, 5.41) is 0. The molecule has 0 saturated heterocycles. The molecule has 0 heterocycles. The molecule has 2 N–H and O–H groups in total. The zero-order valence-corrected chi connectivity index (χ0v) is 8.77. The summed E-state index contributed by atoms with van der Waals surface area (Å²) in [6.07, 6.45) is 10.6. The number of hydrogen-bond acceptors (Lipinski definition) is 1. The molecule has 0 unspecified atom stereocenters. The summed E-state index contributed by atoms with van der Waals surface area (Å²) in [7, 11) is 0. The van der Waals surface area contributed by atoms with E-state index in [1.165, 1.54) is 25.7 Å². The average molecular weight is 169 g/mol. The zero-order chi connectivity index (χ0) is 9.45. The summed E-state index contributed by atoms with van der Waals surface area (Å²) >= 11 is 0. The molecule has 0 aromatic carbocycles. The van der Waals surface area contributed by atoms with Gasteiger partial charge >= 0.3 is 0 Å². The van der Waals surface area contributed by atoms with Crippen LogP contribution >= 0.6 is 0 Å². The van der Waals surface area contributed by atoms with Gasteiger partial charge in [-0.25, -0.2) is 0 Å². The predicted molar refractivity (Wildman–Crippen MR) is 56.2 cm³/mol. The minimum Gasteiger partial charge on any atom is -0.325 e. The van der Waals surface area contributed by atoms with E-state index in [1.807, 2.05) is 0 Å². The minimum atomic E-state index is -0.0404. The first-order valence-electron chi connectivity index (χ1n) is 5.00. The van der Waals surface area contributed by atoms with E-state index in [4.69, 9.17) is 5.73 Å². The maximum Gasteiger partial charge on any atom is 0.0132 e. The van der Waals surface area contributed by atoms with E-state index < -0.39 is 0 Å². The molecule has 72 valence electrons. The SMILES string of the molecule is CCCCCC=CCC(C)(C)N. The minimum absolute atomic E-state index is 0.0404. The van der Waals surface area contributed by atoms with E-state index in [-0.39, 0.29) is 5.54 Å². The van der Waals surface area contributed by atoms with Gasteiger partial charge in [0.05, 0.1) is 0 Å². The molecule has 0 atom stereocenters. The van der Waals surface area contributed by atoms with Gasteiger partial charge in [0.15, 0.2) is 0 Å². The highest BCUT2D eigenvalue weighted by Crippen LogP contribution is 2.06. The molecule has 0 amide bonds. The first kappa shape index (κ1) is 11.7. The number of allylic oxidation sites excluding steroid dienone is 1. The van der Waals surface area contributed by atoms with Crippen LogP contribution < -0.4 is 5.73 Å². The Morgan fingerprint density at radius 3 is 2.33 bits per heavy atom. The third-order valence-corrected chi connectivity index (χ3v) is 1.78. The number of hydrogen-bond donors (Lipinski definition) is 1. The average Bonchev–Trinajstić information content (AvgIpc) is 1.94. The van der Waals surface area contributed by atoms with Crippen molar-refractivity contribution in [3.63, 3.8) is 0 Å². The molecule has 1 heteroatoms. The fraction of sp³-hybridized carbons (Fsp3) is 0.818. The van der Waals surface area contributed by atoms with Crippen LogP contribution in [0.2, 0.25) is 0 Å². The molecule has 0 aromatic heterocycles. The van der Waals surface area contributed by atoms with Gasteiger partial charge in [0.2, 0.25) is 0 Å². The Labute approximate surface area is 77.0 Å². The lowest BCUT2D eigenvalue weighted by Gasteiger charge is -2.14. The molecule has 0 fully saturated rings. The van der Waals surface area contributed by atoms with E-state index in [2.05, 4.69) is 32.9 Å². The van der Waals surface area contributed by atoms with Crippen LogP contribution in [0.25, 0.3) is 0 Å². The number of unbranched alkanes of at least 4 members (excludes halogenated alkanes) is 3. The Balaban J connectivity index is 3.26. The van der Waals surface area contributed by atoms with Crippen LogP contribution in [-0.4, -0.2) is 5.54 Å². The summed E-state index contributed by atoms with van der Waals surface area (Å²) < 4.78 is 0. The van der Waals surface area contributed by atoms with E-state index in [9.17, 15) is 0 Å². The highest BCUT2D eigenvalue weighted by molar-refractivity contribution is 4.89. The van der Waals surface area contributed by atoms with Gasteiger partial charge in [-0.1, -0.05) is 31.9 Å². The molecule has 0 bridgehead atoms. The second-order valence-corrected chi connectivity index (χ2v) is 4.16. The first-order valence-corrected chi connectivity index (χ1v) is 5.00. The van der Waals surface area contributed by atoms with E-state index in [1.54, 1.807) is 0 Å². The van der Waals surface area contributed by atoms with Crippen LogP contribution in [-0.2, 0) is 0 Å². The highest BCUT2D eigenvalue weighted by Gasteiger charge is 2.05. The summed E-state index contributed by atoms with van der Waals surface area (Å²) in [5.41, 5.74) is 5.78. The summed E-state index contributed by atoms with van der Waals surface area (Å²) in [6, 6.07) is 0. The highest BCUT2D eigenvalue weighted by atomic mass is 14.7. The zero-order valence-electron chi connectivity index (χ0n) is 8.77. The van der Waals surface area contributed by atoms with Crippen molar-refractivity contribution in [3.05, 3.63) is 12.2 Å². The van der Waals surface area contributed by atoms with Crippen molar-refractivity contribution in [1.29, 1.82) is 0 Å². The summed E-state index contributed by atoms with van der Waals surface area (Å²) in [5.74, 6) is 0. The van der Waals surface area contributed by atoms with Crippen LogP contribution in [0.3, 0.4) is 0 Å². The fourth-order valence-electron chi connectivity index (χ4n) is 1.02. The van der Waals surface area contributed by atoms with Crippen molar-refractivity contribution in [1.82, 2.24) is 0 Å². The van der Waals surface area contributed by atoms with Crippen molar-refractivity contribution < 1.29 is 0 Å². The first-order chi connectivity index (χ1) is 5.56. The lowest BCUT2D eigenvalue weighted by molar-refractivity contribution is 0.526. The number of nitrogens with two attached hydrogens (primary N) is 1. The smallest absolute Gasteiger partial charge is 0.0132 e. The molecule has 0 saturated carbocycles. The fourth-order valence-corrected chi connectivity index (χ4v) is 1.02. The molecule has 0 aliphatic carbocycles. The molecule has 0 rings (SSSR count). The van der Waals surface area contributed by atoms with Gasteiger partial charge < -0.3 is 5.73 Å². The van der Waals surface area contributed by atoms with Crippen LogP contribution in [0.4, 0.5) is 0 Å². The maximum atomic E-state index is 5.83. The van der Waals surface area contributed by atoms with Crippen molar-refractivity contribution in [2.24, 2.45) is 5.73 Å². The monoisotopic (exact) mass is 169 g/mol. The Hall–Kier alpha value is -0.300. The van der Waals surface area contributed by atoms with Crippen LogP contribution in [0.15, 0.2) is 12.2 Å². The molecule has 1 nitrogen and oxygen atoms in total. The normalized spacial score (nSPS) is 12.7. The Morgan fingerprint density at radius 2 is 1.83 bits per heavy atom. The lowest BCUT2D eigenvalue weighted by atomic mass is 10.0. The van der Waals surface area contributed by atoms with Crippen LogP contribution in [0.1, 0.15) is 52.9 Å². The second-order valence-electron chi connectivity index (χ2n) is 4.16. The van der Waals surface area contributed by atoms with Gasteiger partial charge in [-0.2, -0.15) is 0 Å². The Bertz CT molecular complexity index is 119. The summed E-state index contributed by atoms with van der Waals surface area (Å²) in [6.45, 7) is 6.35. The topological polar surface area (TPSA) is 26.0 Å². The maximum absolute atomic E-state index is 5.83. The lowest BCUT2D eigenvalue weighted by Crippen LogP contribution is -2.30. The molecular formula is C11H23N. The van der Waals surface area contributed by atoms with Gasteiger partial charge in [0.1, 0.15) is 0 Å². The largest absolute Gasteiger partial charge is 0.325 e. The number of rotatable bonds is 6. The predicted octanol–water partition coefficient (Wildman–Crippen LogP) is 3.25. The third-order valence-electron chi connectivity index (χ3n) is 1.78. The van der Waals surface area contributed by atoms with Gasteiger partial charge in [-0.3, -0.25) is 0 Å². The van der Waals surface area contributed by atoms with E-state index in [0.29, 0.717) is 0 Å². The molecule has 0 spiro atoms. The van der Waals surface area contributed by atoms with E-state index in [0.717, 1.165) is 6.42 Å². The molecular weight excluding hydrogens is 146 g/mol. The van der Waals surface area contributed by atoms with Gasteiger partial charge in [0, 0.05) is 5.54 Å². The standard InChI is InChI=1S/C11H23N/c1-4-5-6-7-8-9-10-11(2,3)12/h8-9H,4-7,10,12H2,1-3H3. The Kier molecular flexibility index (Phi) is 6.09. The van der Waals surface area contributed by atoms with Crippen LogP contribution in [0, 0.1) is 0 Å². The molecule has 0 aliphatic heterocycles. The molecule has 0 aromatic rings. The molecule has 0 aliphatic rings. The van der Waals surface area contributed by atoms with Crippen molar-refractivity contribution in [3.8, 4) is 0 Å². The third kappa shape index (κ3) is 9.70. The Morgan fingerprint density at radius 1 is 1.17 bits per heavy atom. The second kappa shape index (κ2) is 6.24. The van der Waals surface area contributed by atoms with Gasteiger partial charge in [-0.15, -0.1) is 0 Å².